The van der Waals surface area contributed by atoms with Crippen molar-refractivity contribution in [2.45, 2.75) is 25.9 Å². The first-order chi connectivity index (χ1) is 16.2. The van der Waals surface area contributed by atoms with Gasteiger partial charge in [-0.1, -0.05) is 16.8 Å². The number of nitrogens with one attached hydrogen (secondary N) is 2. The summed E-state index contributed by atoms with van der Waals surface area (Å²) in [5.41, 5.74) is 0.301. The SMILES string of the molecule is C[C@@H](OC(=O)Nc1c(-c2ccc(NC(=O)C3(C#N)CC3)cn2)nnn1C)c1cc(F)cnc1Cl. The third-order valence-electron chi connectivity index (χ3n) is 5.26. The molecular weight excluding hydrogens is 467 g/mol. The second-order valence-electron chi connectivity index (χ2n) is 7.70. The zero-order valence-electron chi connectivity index (χ0n) is 18.0. The molecule has 174 valence electrons. The van der Waals surface area contributed by atoms with Gasteiger partial charge in [0.1, 0.15) is 22.5 Å². The first kappa shape index (κ1) is 23.1. The van der Waals surface area contributed by atoms with Crippen molar-refractivity contribution in [1.82, 2.24) is 25.0 Å². The van der Waals surface area contributed by atoms with Crippen LogP contribution in [0, 0.1) is 22.6 Å². The molecule has 11 nitrogen and oxygen atoms in total. The average Bonchev–Trinajstić information content (AvgIpc) is 3.54. The number of amides is 2. The maximum Gasteiger partial charge on any atom is 0.413 e. The lowest BCUT2D eigenvalue weighted by molar-refractivity contribution is -0.119. The van der Waals surface area contributed by atoms with Gasteiger partial charge in [0.25, 0.3) is 0 Å². The number of halogens is 2. The van der Waals surface area contributed by atoms with Gasteiger partial charge in [-0.3, -0.25) is 15.1 Å². The van der Waals surface area contributed by atoms with Gasteiger partial charge in [0, 0.05) is 12.6 Å². The summed E-state index contributed by atoms with van der Waals surface area (Å²) in [5, 5.41) is 22.3. The minimum atomic E-state index is -0.954. The minimum Gasteiger partial charge on any atom is -0.441 e. The highest BCUT2D eigenvalue weighted by molar-refractivity contribution is 6.30. The van der Waals surface area contributed by atoms with Crippen molar-refractivity contribution in [3.8, 4) is 17.5 Å². The van der Waals surface area contributed by atoms with Gasteiger partial charge in [0.15, 0.2) is 11.5 Å². The molecule has 0 radical (unpaired) electrons. The van der Waals surface area contributed by atoms with Crippen LogP contribution in [-0.4, -0.2) is 37.0 Å². The van der Waals surface area contributed by atoms with Crippen LogP contribution in [-0.2, 0) is 16.6 Å². The van der Waals surface area contributed by atoms with Crippen molar-refractivity contribution in [2.24, 2.45) is 12.5 Å². The minimum absolute atomic E-state index is 0.0170. The van der Waals surface area contributed by atoms with Crippen LogP contribution in [0.3, 0.4) is 0 Å². The molecule has 2 N–H and O–H groups in total. The number of carbonyl (C=O) groups excluding carboxylic acids is 2. The lowest BCUT2D eigenvalue weighted by Gasteiger charge is -2.15. The van der Waals surface area contributed by atoms with Crippen LogP contribution in [0.2, 0.25) is 5.15 Å². The predicted octanol–water partition coefficient (Wildman–Crippen LogP) is 3.62. The van der Waals surface area contributed by atoms with E-state index in [4.69, 9.17) is 21.6 Å². The van der Waals surface area contributed by atoms with Crippen LogP contribution >= 0.6 is 11.6 Å². The third kappa shape index (κ3) is 4.65. The van der Waals surface area contributed by atoms with Crippen LogP contribution in [0.4, 0.5) is 20.7 Å². The summed E-state index contributed by atoms with van der Waals surface area (Å²) in [6.45, 7) is 1.52. The molecular formula is C21H18ClFN8O3. The Morgan fingerprint density at radius 1 is 1.29 bits per heavy atom. The molecule has 0 spiro atoms. The van der Waals surface area contributed by atoms with Gasteiger partial charge < -0.3 is 10.1 Å². The molecule has 4 rings (SSSR count). The fraction of sp³-hybridized carbons (Fsp3) is 0.286. The van der Waals surface area contributed by atoms with Gasteiger partial charge in [-0.15, -0.1) is 5.10 Å². The van der Waals surface area contributed by atoms with Gasteiger partial charge in [0.05, 0.1) is 29.8 Å². The Kier molecular flexibility index (Phi) is 6.12. The summed E-state index contributed by atoms with van der Waals surface area (Å²) in [4.78, 5) is 32.7. The van der Waals surface area contributed by atoms with Crippen LogP contribution in [0.15, 0.2) is 30.6 Å². The number of carbonyl (C=O) groups is 2. The van der Waals surface area contributed by atoms with Crippen LogP contribution in [0.1, 0.15) is 31.4 Å². The highest BCUT2D eigenvalue weighted by atomic mass is 35.5. The molecule has 34 heavy (non-hydrogen) atoms. The van der Waals surface area contributed by atoms with Crippen molar-refractivity contribution in [2.75, 3.05) is 10.6 Å². The van der Waals surface area contributed by atoms with Crippen LogP contribution < -0.4 is 10.6 Å². The summed E-state index contributed by atoms with van der Waals surface area (Å²) in [7, 11) is 1.56. The highest BCUT2D eigenvalue weighted by Gasteiger charge is 2.50. The number of rotatable bonds is 6. The molecule has 0 aromatic carbocycles. The molecule has 1 aliphatic carbocycles. The standard InChI is InChI=1S/C21H18ClFN8O3/c1-11(14-7-12(23)8-26-17(14)22)34-20(33)28-18-16(29-30-31(18)2)15-4-3-13(9-25-15)27-19(32)21(10-24)5-6-21/h3-4,7-9,11H,5-6H2,1-2H3,(H,27,32)(H,28,33)/t11-/m1/s1. The first-order valence-electron chi connectivity index (χ1n) is 10.1. The summed E-state index contributed by atoms with van der Waals surface area (Å²) >= 11 is 5.96. The molecule has 1 fully saturated rings. The third-order valence-corrected chi connectivity index (χ3v) is 5.58. The fourth-order valence-electron chi connectivity index (χ4n) is 3.12. The lowest BCUT2D eigenvalue weighted by atomic mass is 10.1. The number of hydrogen-bond donors (Lipinski definition) is 2. The monoisotopic (exact) mass is 484 g/mol. The second-order valence-corrected chi connectivity index (χ2v) is 8.05. The Hall–Kier alpha value is -4.11. The van der Waals surface area contributed by atoms with E-state index in [0.717, 1.165) is 12.3 Å². The van der Waals surface area contributed by atoms with E-state index in [1.165, 1.54) is 17.8 Å². The Labute approximate surface area is 197 Å². The van der Waals surface area contributed by atoms with Crippen molar-refractivity contribution in [3.05, 3.63) is 47.1 Å². The van der Waals surface area contributed by atoms with Gasteiger partial charge in [0.2, 0.25) is 5.91 Å². The Morgan fingerprint density at radius 3 is 2.71 bits per heavy atom. The molecule has 13 heteroatoms. The molecule has 1 aliphatic rings. The molecule has 0 unspecified atom stereocenters. The van der Waals surface area contributed by atoms with Crippen molar-refractivity contribution in [1.29, 1.82) is 5.26 Å². The number of aromatic nitrogens is 5. The topological polar surface area (TPSA) is 148 Å². The molecule has 0 aliphatic heterocycles. The van der Waals surface area contributed by atoms with E-state index < -0.39 is 23.4 Å². The highest BCUT2D eigenvalue weighted by Crippen LogP contribution is 2.45. The zero-order valence-corrected chi connectivity index (χ0v) is 18.8. The Morgan fingerprint density at radius 2 is 2.06 bits per heavy atom. The van der Waals surface area contributed by atoms with Crippen molar-refractivity contribution in [3.63, 3.8) is 0 Å². The normalized spacial score (nSPS) is 14.6. The molecule has 3 aromatic rings. The number of aryl methyl sites for hydroxylation is 1. The van der Waals surface area contributed by atoms with Gasteiger partial charge in [-0.25, -0.2) is 18.9 Å². The summed E-state index contributed by atoms with van der Waals surface area (Å²) in [5.74, 6) is -0.776. The van der Waals surface area contributed by atoms with E-state index in [-0.39, 0.29) is 28.1 Å². The first-order valence-corrected chi connectivity index (χ1v) is 10.5. The second kappa shape index (κ2) is 9.03. The molecule has 2 amide bonds. The summed E-state index contributed by atoms with van der Waals surface area (Å²) < 4.78 is 20.1. The maximum absolute atomic E-state index is 13.5. The fourth-order valence-corrected chi connectivity index (χ4v) is 3.37. The quantitative estimate of drug-likeness (QED) is 0.504. The van der Waals surface area contributed by atoms with E-state index in [0.29, 0.717) is 24.2 Å². The van der Waals surface area contributed by atoms with Crippen LogP contribution in [0.25, 0.3) is 11.4 Å². The Balaban J connectivity index is 1.46. The number of pyridine rings is 2. The van der Waals surface area contributed by atoms with E-state index in [2.05, 4.69) is 30.9 Å². The zero-order chi connectivity index (χ0) is 24.5. The number of hydrogen-bond acceptors (Lipinski definition) is 8. The smallest absolute Gasteiger partial charge is 0.413 e. The molecule has 0 bridgehead atoms. The average molecular weight is 485 g/mol. The van der Waals surface area contributed by atoms with Crippen molar-refractivity contribution >= 4 is 35.1 Å². The molecule has 0 saturated heterocycles. The van der Waals surface area contributed by atoms with Gasteiger partial charge >= 0.3 is 6.09 Å². The number of nitrogens with zero attached hydrogens (tertiary/aromatic N) is 6. The van der Waals surface area contributed by atoms with E-state index in [1.54, 1.807) is 19.2 Å². The summed E-state index contributed by atoms with van der Waals surface area (Å²) in [6.07, 6.45) is 1.71. The van der Waals surface area contributed by atoms with E-state index >= 15 is 0 Å². The number of anilines is 2. The molecule has 3 aromatic heterocycles. The van der Waals surface area contributed by atoms with E-state index in [9.17, 15) is 14.0 Å². The molecule has 3 heterocycles. The van der Waals surface area contributed by atoms with Crippen molar-refractivity contribution < 1.29 is 18.7 Å². The molecule has 1 saturated carbocycles. The molecule has 1 atom stereocenters. The lowest BCUT2D eigenvalue weighted by Crippen LogP contribution is -2.22. The number of nitriles is 1. The van der Waals surface area contributed by atoms with Gasteiger partial charge in [-0.2, -0.15) is 5.26 Å². The Bertz CT molecular complexity index is 1300. The number of ether oxygens (including phenoxy) is 1. The predicted molar refractivity (Wildman–Crippen MR) is 118 cm³/mol. The summed E-state index contributed by atoms with van der Waals surface area (Å²) in [6, 6.07) is 6.36. The van der Waals surface area contributed by atoms with Crippen LogP contribution in [0.5, 0.6) is 0 Å². The maximum atomic E-state index is 13.5. The van der Waals surface area contributed by atoms with E-state index in [1.807, 2.05) is 6.07 Å². The van der Waals surface area contributed by atoms with Gasteiger partial charge in [-0.05, 0) is 38.0 Å². The largest absolute Gasteiger partial charge is 0.441 e.